The minimum Gasteiger partial charge on any atom is -0.386 e. The lowest BCUT2D eigenvalue weighted by atomic mass is 9.99. The second-order valence-electron chi connectivity index (χ2n) is 5.61. The molecule has 0 fully saturated rings. The van der Waals surface area contributed by atoms with Crippen LogP contribution in [0.15, 0.2) is 59.5 Å². The van der Waals surface area contributed by atoms with Crippen molar-refractivity contribution in [3.05, 3.63) is 70.6 Å². The lowest BCUT2D eigenvalue weighted by Crippen LogP contribution is -2.21. The van der Waals surface area contributed by atoms with Crippen molar-refractivity contribution in [2.75, 3.05) is 0 Å². The van der Waals surface area contributed by atoms with Gasteiger partial charge in [-0.3, -0.25) is 4.79 Å². The van der Waals surface area contributed by atoms with E-state index in [-0.39, 0.29) is 5.56 Å². The van der Waals surface area contributed by atoms with Crippen LogP contribution in [-0.4, -0.2) is 13.4 Å². The predicted octanol–water partition coefficient (Wildman–Crippen LogP) is 2.84. The predicted molar refractivity (Wildman–Crippen MR) is 93.8 cm³/mol. The smallest absolute Gasteiger partial charge is 0.386 e. The number of hydrogen-bond acceptors (Lipinski definition) is 2. The van der Waals surface area contributed by atoms with Crippen LogP contribution in [0.2, 0.25) is 6.55 Å². The summed E-state index contributed by atoms with van der Waals surface area (Å²) in [5, 5.41) is 1.67. The first-order chi connectivity index (χ1) is 11.1. The van der Waals surface area contributed by atoms with E-state index in [0.29, 0.717) is 6.54 Å². The maximum atomic E-state index is 12.3. The molecule has 116 valence electrons. The van der Waals surface area contributed by atoms with Crippen LogP contribution in [0.5, 0.6) is 0 Å². The fourth-order valence-corrected chi connectivity index (χ4v) is 3.17. The molecule has 1 aromatic heterocycles. The maximum absolute atomic E-state index is 12.3. The molecule has 0 aliphatic heterocycles. The lowest BCUT2D eigenvalue weighted by Gasteiger charge is -2.11. The van der Waals surface area contributed by atoms with Crippen molar-refractivity contribution in [2.45, 2.75) is 13.1 Å². The summed E-state index contributed by atoms with van der Waals surface area (Å²) in [5.74, 6) is 0. The van der Waals surface area contributed by atoms with Crippen LogP contribution in [0.3, 0.4) is 0 Å². The number of hydrogen-bond donors (Lipinski definition) is 1. The van der Waals surface area contributed by atoms with E-state index in [0.717, 1.165) is 27.5 Å². The molecule has 0 atom stereocenters. The summed E-state index contributed by atoms with van der Waals surface area (Å²) in [6, 6.07) is 15.8. The molecule has 5 heteroatoms. The van der Waals surface area contributed by atoms with E-state index in [9.17, 15) is 9.26 Å². The molecule has 3 aromatic rings. The number of aryl methyl sites for hydroxylation is 1. The molecule has 0 saturated heterocycles. The molecule has 3 rings (SSSR count). The summed E-state index contributed by atoms with van der Waals surface area (Å²) in [4.78, 5) is 15.3. The molecule has 0 spiro atoms. The van der Waals surface area contributed by atoms with Crippen LogP contribution in [-0.2, 0) is 18.1 Å². The first-order valence-corrected chi connectivity index (χ1v) is 9.39. The van der Waals surface area contributed by atoms with Crippen LogP contribution >= 0.6 is 0 Å². The van der Waals surface area contributed by atoms with Gasteiger partial charge in [0.1, 0.15) is 0 Å². The van der Waals surface area contributed by atoms with E-state index in [1.807, 2.05) is 48.7 Å². The zero-order valence-electron chi connectivity index (χ0n) is 13.2. The molecule has 0 saturated carbocycles. The van der Waals surface area contributed by atoms with Gasteiger partial charge in [-0.2, -0.15) is 0 Å². The fraction of sp³-hybridized carbons (Fsp3) is 0.167. The van der Waals surface area contributed by atoms with Gasteiger partial charge in [-0.1, -0.05) is 36.4 Å². The van der Waals surface area contributed by atoms with Crippen molar-refractivity contribution < 1.29 is 4.46 Å². The number of fused-ring (bicyclic) bond motifs is 1. The molecule has 0 radical (unpaired) electrons. The van der Waals surface area contributed by atoms with Crippen LogP contribution in [0.25, 0.3) is 21.9 Å². The molecule has 1 heterocycles. The number of benzene rings is 2. The summed E-state index contributed by atoms with van der Waals surface area (Å²) in [6.45, 7) is 2.26. The van der Waals surface area contributed by atoms with Crippen molar-refractivity contribution in [2.24, 2.45) is 7.05 Å². The molecule has 0 aliphatic rings. The third-order valence-corrected chi connectivity index (χ3v) is 4.54. The Labute approximate surface area is 136 Å². The quantitative estimate of drug-likeness (QED) is 0.752. The summed E-state index contributed by atoms with van der Waals surface area (Å²) in [6.07, 6.45) is 1.87. The summed E-state index contributed by atoms with van der Waals surface area (Å²) < 4.78 is 12.9. The Kier molecular flexibility index (Phi) is 4.21. The second-order valence-corrected chi connectivity index (χ2v) is 7.08. The number of nitrogens with zero attached hydrogens (tertiary/aromatic N) is 1. The van der Waals surface area contributed by atoms with E-state index >= 15 is 0 Å². The van der Waals surface area contributed by atoms with Crippen molar-refractivity contribution in [1.29, 1.82) is 0 Å². The molecule has 0 amide bonds. The molecule has 0 bridgehead atoms. The van der Waals surface area contributed by atoms with Crippen molar-refractivity contribution in [3.63, 3.8) is 0 Å². The van der Waals surface area contributed by atoms with Gasteiger partial charge in [0, 0.05) is 30.7 Å². The first kappa shape index (κ1) is 15.4. The first-order valence-electron chi connectivity index (χ1n) is 7.48. The van der Waals surface area contributed by atoms with Gasteiger partial charge in [-0.15, -0.1) is 0 Å². The second kappa shape index (κ2) is 6.30. The van der Waals surface area contributed by atoms with E-state index in [1.54, 1.807) is 18.2 Å². The topological polar surface area (TPSA) is 51.1 Å². The average Bonchev–Trinajstić information content (AvgIpc) is 2.56. The van der Waals surface area contributed by atoms with Crippen LogP contribution in [0.4, 0.5) is 0 Å². The molecular formula is C18H18N2O2Si. The Balaban J connectivity index is 2.14. The molecule has 0 aliphatic carbocycles. The largest absolute Gasteiger partial charge is 0.388 e. The third-order valence-electron chi connectivity index (χ3n) is 3.87. The van der Waals surface area contributed by atoms with Gasteiger partial charge in [0.05, 0.1) is 0 Å². The highest BCUT2D eigenvalue weighted by atomic mass is 28.3. The normalized spacial score (nSPS) is 10.7. The molecule has 0 unspecified atom stereocenters. The highest BCUT2D eigenvalue weighted by Gasteiger charge is 2.09. The minimum absolute atomic E-state index is 0.00625. The Morgan fingerprint density at radius 1 is 1.09 bits per heavy atom. The van der Waals surface area contributed by atoms with E-state index < -0.39 is 8.84 Å². The maximum Gasteiger partial charge on any atom is 0.388 e. The highest BCUT2D eigenvalue weighted by Crippen LogP contribution is 2.27. The molecule has 23 heavy (non-hydrogen) atoms. The SMILES string of the molecule is Cn1cc(-c2cccc(CN[Si](C)=O)c2)c2ccccc2c1=O. The fourth-order valence-electron chi connectivity index (χ4n) is 2.72. The van der Waals surface area contributed by atoms with Crippen molar-refractivity contribution in [1.82, 2.24) is 9.55 Å². The third kappa shape index (κ3) is 3.14. The Morgan fingerprint density at radius 2 is 1.83 bits per heavy atom. The van der Waals surface area contributed by atoms with Crippen LogP contribution in [0.1, 0.15) is 5.56 Å². The number of rotatable bonds is 4. The van der Waals surface area contributed by atoms with Gasteiger partial charge in [0.2, 0.25) is 0 Å². The highest BCUT2D eigenvalue weighted by molar-refractivity contribution is 6.37. The van der Waals surface area contributed by atoms with Crippen LogP contribution in [0, 0.1) is 0 Å². The Morgan fingerprint density at radius 3 is 2.57 bits per heavy atom. The molecule has 1 N–H and O–H groups in total. The number of aromatic nitrogens is 1. The van der Waals surface area contributed by atoms with Gasteiger partial charge in [-0.05, 0) is 35.2 Å². The zero-order valence-corrected chi connectivity index (χ0v) is 14.2. The summed E-state index contributed by atoms with van der Waals surface area (Å²) >= 11 is 0. The molecule has 2 aromatic carbocycles. The van der Waals surface area contributed by atoms with Crippen molar-refractivity contribution in [3.8, 4) is 11.1 Å². The summed E-state index contributed by atoms with van der Waals surface area (Å²) in [5.41, 5.74) is 3.15. The van der Waals surface area contributed by atoms with Gasteiger partial charge in [-0.25, -0.2) is 0 Å². The number of nitrogens with one attached hydrogen (secondary N) is 1. The summed E-state index contributed by atoms with van der Waals surface area (Å²) in [7, 11) is 0.0699. The van der Waals surface area contributed by atoms with Gasteiger partial charge >= 0.3 is 8.84 Å². The molecular weight excluding hydrogens is 304 g/mol. The lowest BCUT2D eigenvalue weighted by molar-refractivity contribution is 0.552. The zero-order chi connectivity index (χ0) is 16.4. The van der Waals surface area contributed by atoms with Crippen molar-refractivity contribution >= 4 is 19.6 Å². The Hall–Kier alpha value is -2.53. The monoisotopic (exact) mass is 322 g/mol. The Bertz CT molecular complexity index is 947. The standard InChI is InChI=1S/C18H18N2O2Si/c1-20-12-17(15-8-3-4-9-16(15)18(20)21)14-7-5-6-13(10-14)11-19-23(2)22/h3-10,12,19H,11H2,1-2H3. The molecule has 4 nitrogen and oxygen atoms in total. The van der Waals surface area contributed by atoms with E-state index in [1.165, 1.54) is 0 Å². The van der Waals surface area contributed by atoms with Gasteiger partial charge < -0.3 is 14.0 Å². The number of pyridine rings is 1. The minimum atomic E-state index is -1.70. The van der Waals surface area contributed by atoms with E-state index in [2.05, 4.69) is 11.0 Å². The van der Waals surface area contributed by atoms with E-state index in [4.69, 9.17) is 0 Å². The van der Waals surface area contributed by atoms with Gasteiger partial charge in [0.25, 0.3) is 5.56 Å². The van der Waals surface area contributed by atoms with Gasteiger partial charge in [0.15, 0.2) is 0 Å². The van der Waals surface area contributed by atoms with Crippen LogP contribution < -0.4 is 10.5 Å². The average molecular weight is 322 g/mol.